The van der Waals surface area contributed by atoms with Gasteiger partial charge in [-0.25, -0.2) is 0 Å². The summed E-state index contributed by atoms with van der Waals surface area (Å²) in [5.74, 6) is -1.03. The molecule has 0 aliphatic carbocycles. The SMILES string of the molecule is O=C(CC(=O)c1ccccc1O)c1cc(Cl)ccn1. The molecular formula is C14H10ClNO3. The largest absolute Gasteiger partial charge is 0.507 e. The topological polar surface area (TPSA) is 67.3 Å². The van der Waals surface area contributed by atoms with Crippen molar-refractivity contribution in [1.29, 1.82) is 0 Å². The number of ketones is 2. The first-order valence-corrected chi connectivity index (χ1v) is 5.91. The highest BCUT2D eigenvalue weighted by Crippen LogP contribution is 2.18. The minimum absolute atomic E-state index is 0.123. The Balaban J connectivity index is 2.16. The van der Waals surface area contributed by atoms with E-state index in [1.807, 2.05) is 0 Å². The van der Waals surface area contributed by atoms with Gasteiger partial charge in [-0.05, 0) is 24.3 Å². The van der Waals surface area contributed by atoms with Gasteiger partial charge in [-0.1, -0.05) is 23.7 Å². The first-order chi connectivity index (χ1) is 9.08. The number of para-hydroxylation sites is 1. The van der Waals surface area contributed by atoms with Gasteiger partial charge >= 0.3 is 0 Å². The number of rotatable bonds is 4. The van der Waals surface area contributed by atoms with Crippen molar-refractivity contribution in [3.63, 3.8) is 0 Å². The monoisotopic (exact) mass is 275 g/mol. The number of phenolic OH excluding ortho intramolecular Hbond substituents is 1. The average Bonchev–Trinajstić information content (AvgIpc) is 2.39. The van der Waals surface area contributed by atoms with Crippen LogP contribution in [-0.2, 0) is 0 Å². The maximum absolute atomic E-state index is 11.9. The van der Waals surface area contributed by atoms with E-state index in [1.165, 1.54) is 24.4 Å². The third kappa shape index (κ3) is 3.17. The van der Waals surface area contributed by atoms with Gasteiger partial charge in [0.25, 0.3) is 0 Å². The maximum atomic E-state index is 11.9. The number of nitrogens with zero attached hydrogens (tertiary/aromatic N) is 1. The Morgan fingerprint density at radius 2 is 1.89 bits per heavy atom. The summed E-state index contributed by atoms with van der Waals surface area (Å²) >= 11 is 5.75. The van der Waals surface area contributed by atoms with Gasteiger partial charge in [0, 0.05) is 11.2 Å². The second-order valence-electron chi connectivity index (χ2n) is 3.90. The first-order valence-electron chi connectivity index (χ1n) is 5.54. The molecule has 0 radical (unpaired) electrons. The highest BCUT2D eigenvalue weighted by atomic mass is 35.5. The number of carbonyl (C=O) groups is 2. The smallest absolute Gasteiger partial charge is 0.188 e. The molecule has 2 aromatic rings. The van der Waals surface area contributed by atoms with E-state index in [2.05, 4.69) is 4.98 Å². The number of pyridine rings is 1. The molecule has 0 aliphatic rings. The zero-order valence-corrected chi connectivity index (χ0v) is 10.6. The Morgan fingerprint density at radius 3 is 2.58 bits per heavy atom. The summed E-state index contributed by atoms with van der Waals surface area (Å²) < 4.78 is 0. The van der Waals surface area contributed by atoms with Gasteiger partial charge in [-0.15, -0.1) is 0 Å². The van der Waals surface area contributed by atoms with E-state index >= 15 is 0 Å². The van der Waals surface area contributed by atoms with Crippen LogP contribution in [0.15, 0.2) is 42.6 Å². The molecule has 0 spiro atoms. The van der Waals surface area contributed by atoms with Gasteiger partial charge in [0.2, 0.25) is 0 Å². The molecule has 0 atom stereocenters. The van der Waals surface area contributed by atoms with Gasteiger partial charge in [-0.3, -0.25) is 14.6 Å². The van der Waals surface area contributed by atoms with Gasteiger partial charge in [0.15, 0.2) is 11.6 Å². The number of benzene rings is 1. The highest BCUT2D eigenvalue weighted by Gasteiger charge is 2.17. The number of Topliss-reactive ketones (excluding diaryl/α,β-unsaturated/α-hetero) is 2. The third-order valence-corrected chi connectivity index (χ3v) is 2.77. The molecular weight excluding hydrogens is 266 g/mol. The predicted molar refractivity (Wildman–Crippen MR) is 70.6 cm³/mol. The van der Waals surface area contributed by atoms with Crippen LogP contribution >= 0.6 is 11.6 Å². The Kier molecular flexibility index (Phi) is 3.92. The van der Waals surface area contributed by atoms with Crippen LogP contribution in [0.2, 0.25) is 5.02 Å². The van der Waals surface area contributed by atoms with Crippen molar-refractivity contribution >= 4 is 23.2 Å². The Morgan fingerprint density at radius 1 is 1.16 bits per heavy atom. The summed E-state index contributed by atoms with van der Waals surface area (Å²) in [6, 6.07) is 9.04. The van der Waals surface area contributed by atoms with Crippen LogP contribution in [0.5, 0.6) is 5.75 Å². The minimum atomic E-state index is -0.454. The average molecular weight is 276 g/mol. The fourth-order valence-corrected chi connectivity index (χ4v) is 1.76. The number of phenols is 1. The second-order valence-corrected chi connectivity index (χ2v) is 4.34. The molecule has 0 saturated heterocycles. The minimum Gasteiger partial charge on any atom is -0.507 e. The van der Waals surface area contributed by atoms with E-state index < -0.39 is 11.6 Å². The van der Waals surface area contributed by atoms with Crippen molar-refractivity contribution in [3.8, 4) is 5.75 Å². The maximum Gasteiger partial charge on any atom is 0.188 e. The third-order valence-electron chi connectivity index (χ3n) is 2.53. The molecule has 1 aromatic heterocycles. The molecule has 1 N–H and O–H groups in total. The van der Waals surface area contributed by atoms with Crippen LogP contribution in [0.1, 0.15) is 27.3 Å². The van der Waals surface area contributed by atoms with Crippen molar-refractivity contribution in [2.24, 2.45) is 0 Å². The van der Waals surface area contributed by atoms with Crippen LogP contribution in [0.3, 0.4) is 0 Å². The summed E-state index contributed by atoms with van der Waals surface area (Å²) in [6.45, 7) is 0. The molecule has 0 unspecified atom stereocenters. The number of hydrogen-bond acceptors (Lipinski definition) is 4. The lowest BCUT2D eigenvalue weighted by atomic mass is 10.0. The van der Waals surface area contributed by atoms with Crippen molar-refractivity contribution in [1.82, 2.24) is 4.98 Å². The molecule has 0 amide bonds. The zero-order valence-electron chi connectivity index (χ0n) is 9.84. The summed E-state index contributed by atoms with van der Waals surface area (Å²) in [4.78, 5) is 27.6. The van der Waals surface area contributed by atoms with E-state index in [4.69, 9.17) is 11.6 Å². The van der Waals surface area contributed by atoms with Crippen LogP contribution in [-0.4, -0.2) is 21.7 Å². The Hall–Kier alpha value is -2.20. The quantitative estimate of drug-likeness (QED) is 0.688. The van der Waals surface area contributed by atoms with E-state index in [-0.39, 0.29) is 23.4 Å². The fraction of sp³-hybridized carbons (Fsp3) is 0.0714. The number of aromatic hydroxyl groups is 1. The lowest BCUT2D eigenvalue weighted by Crippen LogP contribution is -2.10. The fourth-order valence-electron chi connectivity index (χ4n) is 1.60. The zero-order chi connectivity index (χ0) is 13.8. The number of carbonyl (C=O) groups excluding carboxylic acids is 2. The van der Waals surface area contributed by atoms with E-state index in [0.29, 0.717) is 5.02 Å². The standard InChI is InChI=1S/C14H10ClNO3/c15-9-5-6-16-11(7-9)14(19)8-13(18)10-3-1-2-4-12(10)17/h1-7,17H,8H2. The predicted octanol–water partition coefficient (Wildman–Crippen LogP) is 2.90. The van der Waals surface area contributed by atoms with Crippen molar-refractivity contribution in [2.45, 2.75) is 6.42 Å². The molecule has 19 heavy (non-hydrogen) atoms. The van der Waals surface area contributed by atoms with Gasteiger partial charge < -0.3 is 5.11 Å². The van der Waals surface area contributed by atoms with Crippen molar-refractivity contribution in [3.05, 3.63) is 58.9 Å². The molecule has 0 bridgehead atoms. The summed E-state index contributed by atoms with van der Waals surface area (Å²) in [5.41, 5.74) is 0.258. The normalized spacial score (nSPS) is 10.2. The van der Waals surface area contributed by atoms with Crippen LogP contribution in [0.25, 0.3) is 0 Å². The summed E-state index contributed by atoms with van der Waals surface area (Å²) in [5, 5.41) is 9.92. The highest BCUT2D eigenvalue weighted by molar-refractivity contribution is 6.31. The van der Waals surface area contributed by atoms with E-state index in [1.54, 1.807) is 18.2 Å². The molecule has 2 rings (SSSR count). The second kappa shape index (κ2) is 5.63. The molecule has 96 valence electrons. The Bertz CT molecular complexity index is 640. The molecule has 4 nitrogen and oxygen atoms in total. The summed E-state index contributed by atoms with van der Waals surface area (Å²) in [6.07, 6.45) is 1.05. The molecule has 0 fully saturated rings. The molecule has 1 aromatic carbocycles. The van der Waals surface area contributed by atoms with E-state index in [9.17, 15) is 14.7 Å². The van der Waals surface area contributed by atoms with Crippen LogP contribution in [0, 0.1) is 0 Å². The van der Waals surface area contributed by atoms with Crippen molar-refractivity contribution < 1.29 is 14.7 Å². The molecule has 5 heteroatoms. The molecule has 1 heterocycles. The van der Waals surface area contributed by atoms with Gasteiger partial charge in [0.1, 0.15) is 11.4 Å². The number of halogens is 1. The molecule has 0 saturated carbocycles. The lowest BCUT2D eigenvalue weighted by Gasteiger charge is -2.03. The first kappa shape index (κ1) is 13.2. The van der Waals surface area contributed by atoms with Crippen LogP contribution < -0.4 is 0 Å². The van der Waals surface area contributed by atoms with E-state index in [0.717, 1.165) is 0 Å². The molecule has 0 aliphatic heterocycles. The summed E-state index contributed by atoms with van der Waals surface area (Å²) in [7, 11) is 0. The van der Waals surface area contributed by atoms with Gasteiger partial charge in [-0.2, -0.15) is 0 Å². The van der Waals surface area contributed by atoms with Crippen molar-refractivity contribution in [2.75, 3.05) is 0 Å². The Labute approximate surface area is 114 Å². The van der Waals surface area contributed by atoms with Crippen LogP contribution in [0.4, 0.5) is 0 Å². The number of hydrogen-bond donors (Lipinski definition) is 1. The van der Waals surface area contributed by atoms with Gasteiger partial charge in [0.05, 0.1) is 12.0 Å². The number of aromatic nitrogens is 1. The lowest BCUT2D eigenvalue weighted by molar-refractivity contribution is 0.0890.